The molecule has 94 valence electrons. The Morgan fingerprint density at radius 2 is 2.12 bits per heavy atom. The molecule has 1 atom stereocenters. The van der Waals surface area contributed by atoms with Gasteiger partial charge in [0, 0.05) is 6.61 Å². The number of rotatable bonds is 7. The number of ether oxygens (including phenoxy) is 1. The third-order valence-electron chi connectivity index (χ3n) is 3.11. The lowest BCUT2D eigenvalue weighted by atomic mass is 9.98. The largest absolute Gasteiger partial charge is 0.378 e. The highest BCUT2D eigenvalue weighted by atomic mass is 16.5. The van der Waals surface area contributed by atoms with E-state index in [1.165, 1.54) is 32.1 Å². The molecule has 0 aliphatic heterocycles. The molecule has 1 saturated carbocycles. The van der Waals surface area contributed by atoms with Gasteiger partial charge in [0.05, 0.1) is 12.1 Å². The van der Waals surface area contributed by atoms with Gasteiger partial charge in [-0.2, -0.15) is 0 Å². The van der Waals surface area contributed by atoms with Crippen molar-refractivity contribution in [3.8, 4) is 0 Å². The van der Waals surface area contributed by atoms with Crippen LogP contribution < -0.4 is 11.1 Å². The van der Waals surface area contributed by atoms with Crippen molar-refractivity contribution >= 4 is 5.91 Å². The van der Waals surface area contributed by atoms with Crippen LogP contribution in [-0.4, -0.2) is 31.2 Å². The van der Waals surface area contributed by atoms with Crippen molar-refractivity contribution in [2.24, 2.45) is 5.73 Å². The monoisotopic (exact) mass is 228 g/mol. The third kappa shape index (κ3) is 4.94. The lowest BCUT2D eigenvalue weighted by molar-refractivity contribution is -0.120. The lowest BCUT2D eigenvalue weighted by Crippen LogP contribution is -2.42. The van der Waals surface area contributed by atoms with E-state index in [-0.39, 0.29) is 11.9 Å². The Labute approximate surface area is 97.9 Å². The minimum atomic E-state index is -0.283. The van der Waals surface area contributed by atoms with Gasteiger partial charge < -0.3 is 15.8 Å². The van der Waals surface area contributed by atoms with E-state index in [1.54, 1.807) is 0 Å². The first kappa shape index (κ1) is 13.5. The molecule has 1 unspecified atom stereocenters. The van der Waals surface area contributed by atoms with E-state index >= 15 is 0 Å². The molecule has 0 saturated heterocycles. The predicted octanol–water partition coefficient (Wildman–Crippen LogP) is 1.19. The Bertz CT molecular complexity index is 203. The van der Waals surface area contributed by atoms with E-state index in [2.05, 4.69) is 5.32 Å². The summed E-state index contributed by atoms with van der Waals surface area (Å²) in [6.07, 6.45) is 7.31. The topological polar surface area (TPSA) is 64.3 Å². The van der Waals surface area contributed by atoms with Crippen LogP contribution >= 0.6 is 0 Å². The van der Waals surface area contributed by atoms with Crippen molar-refractivity contribution < 1.29 is 9.53 Å². The fraction of sp³-hybridized carbons (Fsp3) is 0.917. The average Bonchev–Trinajstić information content (AvgIpc) is 2.29. The Morgan fingerprint density at radius 1 is 1.44 bits per heavy atom. The molecule has 0 spiro atoms. The number of nitrogens with two attached hydrogens (primary N) is 1. The zero-order valence-corrected chi connectivity index (χ0v) is 10.2. The maximum Gasteiger partial charge on any atom is 0.234 e. The van der Waals surface area contributed by atoms with Gasteiger partial charge in [-0.3, -0.25) is 4.79 Å². The van der Waals surface area contributed by atoms with Crippen LogP contribution in [0.3, 0.4) is 0 Å². The Kier molecular flexibility index (Phi) is 6.42. The molecule has 0 radical (unpaired) electrons. The van der Waals surface area contributed by atoms with Crippen LogP contribution in [0, 0.1) is 0 Å². The van der Waals surface area contributed by atoms with E-state index in [9.17, 15) is 4.79 Å². The lowest BCUT2D eigenvalue weighted by Gasteiger charge is -2.23. The number of hydrogen-bond acceptors (Lipinski definition) is 3. The molecule has 1 aliphatic carbocycles. The number of carbonyl (C=O) groups is 1. The second-order valence-corrected chi connectivity index (χ2v) is 4.43. The Morgan fingerprint density at radius 3 is 2.69 bits per heavy atom. The molecule has 0 heterocycles. The normalized spacial score (nSPS) is 19.6. The number of amides is 1. The predicted molar refractivity (Wildman–Crippen MR) is 64.1 cm³/mol. The average molecular weight is 228 g/mol. The minimum absolute atomic E-state index is 0.242. The summed E-state index contributed by atoms with van der Waals surface area (Å²) in [7, 11) is 0. The highest BCUT2D eigenvalue weighted by Crippen LogP contribution is 2.20. The van der Waals surface area contributed by atoms with Crippen LogP contribution in [0.15, 0.2) is 0 Å². The van der Waals surface area contributed by atoms with Crippen molar-refractivity contribution in [3.05, 3.63) is 0 Å². The molecule has 0 aromatic heterocycles. The van der Waals surface area contributed by atoms with E-state index in [1.807, 2.05) is 6.92 Å². The van der Waals surface area contributed by atoms with Crippen LogP contribution in [-0.2, 0) is 9.53 Å². The van der Waals surface area contributed by atoms with Gasteiger partial charge in [-0.15, -0.1) is 0 Å². The second kappa shape index (κ2) is 7.63. The molecule has 0 aromatic carbocycles. The molecule has 1 aliphatic rings. The first-order valence-electron chi connectivity index (χ1n) is 6.38. The second-order valence-electron chi connectivity index (χ2n) is 4.43. The van der Waals surface area contributed by atoms with Crippen molar-refractivity contribution in [2.75, 3.05) is 13.2 Å². The highest BCUT2D eigenvalue weighted by Gasteiger charge is 2.16. The molecular formula is C12H24N2O2. The molecule has 1 rings (SSSR count). The van der Waals surface area contributed by atoms with Gasteiger partial charge >= 0.3 is 0 Å². The van der Waals surface area contributed by atoms with Crippen molar-refractivity contribution in [3.63, 3.8) is 0 Å². The molecule has 0 bridgehead atoms. The fourth-order valence-corrected chi connectivity index (χ4v) is 2.18. The molecular weight excluding hydrogens is 204 g/mol. The number of nitrogens with one attached hydrogen (secondary N) is 1. The summed E-state index contributed by atoms with van der Waals surface area (Å²) in [4.78, 5) is 11.1. The maximum atomic E-state index is 11.1. The summed E-state index contributed by atoms with van der Waals surface area (Å²) >= 11 is 0. The van der Waals surface area contributed by atoms with Crippen LogP contribution in [0.5, 0.6) is 0 Å². The molecule has 4 heteroatoms. The van der Waals surface area contributed by atoms with Crippen LogP contribution in [0.1, 0.15) is 45.4 Å². The SMILES string of the molecule is CCNC(CCOC1CCCCC1)C(N)=O. The van der Waals surface area contributed by atoms with E-state index < -0.39 is 0 Å². The van der Waals surface area contributed by atoms with Crippen LogP contribution in [0.4, 0.5) is 0 Å². The smallest absolute Gasteiger partial charge is 0.234 e. The zero-order valence-electron chi connectivity index (χ0n) is 10.2. The molecule has 1 fully saturated rings. The van der Waals surface area contributed by atoms with Gasteiger partial charge in [0.25, 0.3) is 0 Å². The summed E-state index contributed by atoms with van der Waals surface area (Å²) in [5, 5.41) is 3.07. The molecule has 1 amide bonds. The minimum Gasteiger partial charge on any atom is -0.378 e. The number of likely N-dealkylation sites (N-methyl/N-ethyl adjacent to an activating group) is 1. The van der Waals surface area contributed by atoms with E-state index in [0.717, 1.165) is 6.54 Å². The van der Waals surface area contributed by atoms with Gasteiger partial charge in [-0.25, -0.2) is 0 Å². The van der Waals surface area contributed by atoms with Crippen LogP contribution in [0.25, 0.3) is 0 Å². The van der Waals surface area contributed by atoms with Crippen molar-refractivity contribution in [1.29, 1.82) is 0 Å². The summed E-state index contributed by atoms with van der Waals surface area (Å²) in [5.74, 6) is -0.283. The number of carbonyl (C=O) groups excluding carboxylic acids is 1. The summed E-state index contributed by atoms with van der Waals surface area (Å²) in [6, 6.07) is -0.242. The van der Waals surface area contributed by atoms with Gasteiger partial charge in [0.1, 0.15) is 0 Å². The standard InChI is InChI=1S/C12H24N2O2/c1-2-14-11(12(13)15)8-9-16-10-6-4-3-5-7-10/h10-11,14H,2-9H2,1H3,(H2,13,15). The number of primary amides is 1. The Balaban J connectivity index is 2.13. The molecule has 3 N–H and O–H groups in total. The fourth-order valence-electron chi connectivity index (χ4n) is 2.18. The van der Waals surface area contributed by atoms with Gasteiger partial charge in [0.2, 0.25) is 5.91 Å². The van der Waals surface area contributed by atoms with E-state index in [0.29, 0.717) is 19.1 Å². The molecule has 0 aromatic rings. The van der Waals surface area contributed by atoms with Gasteiger partial charge in [-0.1, -0.05) is 26.2 Å². The van der Waals surface area contributed by atoms with E-state index in [4.69, 9.17) is 10.5 Å². The number of hydrogen-bond donors (Lipinski definition) is 2. The third-order valence-corrected chi connectivity index (χ3v) is 3.11. The first-order chi connectivity index (χ1) is 7.74. The summed E-state index contributed by atoms with van der Waals surface area (Å²) in [5.41, 5.74) is 5.29. The first-order valence-corrected chi connectivity index (χ1v) is 6.38. The quantitative estimate of drug-likeness (QED) is 0.688. The van der Waals surface area contributed by atoms with Gasteiger partial charge in [-0.05, 0) is 25.8 Å². The maximum absolute atomic E-state index is 11.1. The summed E-state index contributed by atoms with van der Waals surface area (Å²) in [6.45, 7) is 3.36. The van der Waals surface area contributed by atoms with Crippen LogP contribution in [0.2, 0.25) is 0 Å². The summed E-state index contributed by atoms with van der Waals surface area (Å²) < 4.78 is 5.76. The van der Waals surface area contributed by atoms with Gasteiger partial charge in [0.15, 0.2) is 0 Å². The van der Waals surface area contributed by atoms with Crippen molar-refractivity contribution in [2.45, 2.75) is 57.6 Å². The molecule has 16 heavy (non-hydrogen) atoms. The molecule has 4 nitrogen and oxygen atoms in total. The highest BCUT2D eigenvalue weighted by molar-refractivity contribution is 5.79. The Hall–Kier alpha value is -0.610. The van der Waals surface area contributed by atoms with Crippen molar-refractivity contribution in [1.82, 2.24) is 5.32 Å². The zero-order chi connectivity index (χ0) is 11.8.